The molecule has 1 fully saturated rings. The SMILES string of the molecule is Cc1cc(Cl)cc(CCNC(=O)[C@@]2(O)CCN(c3cccc(C(F)(F)F)c3)C2=O)c1. The summed E-state index contributed by atoms with van der Waals surface area (Å²) in [6.07, 6.45) is -4.34. The van der Waals surface area contributed by atoms with Gasteiger partial charge in [-0.05, 0) is 54.8 Å². The molecule has 5 nitrogen and oxygen atoms in total. The van der Waals surface area contributed by atoms with Crippen LogP contribution in [-0.2, 0) is 22.2 Å². The van der Waals surface area contributed by atoms with E-state index in [2.05, 4.69) is 5.32 Å². The van der Waals surface area contributed by atoms with Crippen LogP contribution in [0.1, 0.15) is 23.1 Å². The van der Waals surface area contributed by atoms with Crippen molar-refractivity contribution in [2.75, 3.05) is 18.0 Å². The number of hydrogen-bond donors (Lipinski definition) is 2. The summed E-state index contributed by atoms with van der Waals surface area (Å²) in [4.78, 5) is 26.2. The van der Waals surface area contributed by atoms with Gasteiger partial charge in [0.15, 0.2) is 0 Å². The van der Waals surface area contributed by atoms with Crippen LogP contribution < -0.4 is 10.2 Å². The van der Waals surface area contributed by atoms with Crippen LogP contribution in [0.4, 0.5) is 18.9 Å². The molecule has 160 valence electrons. The Morgan fingerprint density at radius 2 is 2.00 bits per heavy atom. The van der Waals surface area contributed by atoms with Gasteiger partial charge in [-0.1, -0.05) is 23.7 Å². The number of rotatable bonds is 5. The van der Waals surface area contributed by atoms with Crippen LogP contribution >= 0.6 is 11.6 Å². The average Bonchev–Trinajstić information content (AvgIpc) is 2.96. The maximum absolute atomic E-state index is 12.9. The van der Waals surface area contributed by atoms with Gasteiger partial charge in [-0.3, -0.25) is 9.59 Å². The molecule has 1 atom stereocenters. The Labute approximate surface area is 176 Å². The lowest BCUT2D eigenvalue weighted by atomic mass is 10.0. The van der Waals surface area contributed by atoms with Crippen LogP contribution in [0.3, 0.4) is 0 Å². The molecular formula is C21H20ClF3N2O3. The standard InChI is InChI=1S/C21H20ClF3N2O3/c1-13-9-14(11-16(22)10-13)5-7-26-18(28)20(30)6-8-27(19(20)29)17-4-2-3-15(12-17)21(23,24)25/h2-4,9-12,30H,5-8H2,1H3,(H,26,28)/t20-/m0/s1. The number of nitrogens with one attached hydrogen (secondary N) is 1. The van der Waals surface area contributed by atoms with Crippen LogP contribution in [0.5, 0.6) is 0 Å². The molecule has 9 heteroatoms. The molecule has 1 heterocycles. The van der Waals surface area contributed by atoms with Crippen molar-refractivity contribution in [1.29, 1.82) is 0 Å². The molecule has 2 amide bonds. The molecule has 0 saturated carbocycles. The second kappa shape index (κ2) is 8.28. The molecule has 0 spiro atoms. The van der Waals surface area contributed by atoms with E-state index in [0.29, 0.717) is 11.4 Å². The highest BCUT2D eigenvalue weighted by molar-refractivity contribution is 6.30. The van der Waals surface area contributed by atoms with Crippen molar-refractivity contribution in [1.82, 2.24) is 5.32 Å². The Morgan fingerprint density at radius 1 is 1.27 bits per heavy atom. The van der Waals surface area contributed by atoms with Crippen LogP contribution in [0.25, 0.3) is 0 Å². The number of carbonyl (C=O) groups is 2. The van der Waals surface area contributed by atoms with Crippen molar-refractivity contribution in [2.24, 2.45) is 0 Å². The minimum atomic E-state index is -4.56. The van der Waals surface area contributed by atoms with E-state index < -0.39 is 29.2 Å². The summed E-state index contributed by atoms with van der Waals surface area (Å²) in [7, 11) is 0. The topological polar surface area (TPSA) is 69.6 Å². The number of anilines is 1. The molecule has 3 rings (SSSR count). The van der Waals surface area contributed by atoms with Gasteiger partial charge < -0.3 is 15.3 Å². The third-order valence-electron chi connectivity index (χ3n) is 4.96. The van der Waals surface area contributed by atoms with Crippen molar-refractivity contribution >= 4 is 29.1 Å². The van der Waals surface area contributed by atoms with Crippen molar-refractivity contribution in [3.8, 4) is 0 Å². The molecule has 0 aromatic heterocycles. The third kappa shape index (κ3) is 4.60. The molecule has 1 aliphatic heterocycles. The number of aryl methyl sites for hydroxylation is 1. The molecule has 2 aromatic carbocycles. The summed E-state index contributed by atoms with van der Waals surface area (Å²) in [5.74, 6) is -1.82. The molecule has 1 aliphatic rings. The van der Waals surface area contributed by atoms with Gasteiger partial charge in [0.05, 0.1) is 5.56 Å². The lowest BCUT2D eigenvalue weighted by molar-refractivity contribution is -0.149. The number of amides is 2. The maximum Gasteiger partial charge on any atom is 0.416 e. The zero-order valence-corrected chi connectivity index (χ0v) is 16.8. The highest BCUT2D eigenvalue weighted by Crippen LogP contribution is 2.34. The molecule has 0 unspecified atom stereocenters. The van der Waals surface area contributed by atoms with Crippen molar-refractivity contribution in [3.05, 3.63) is 64.2 Å². The zero-order valence-electron chi connectivity index (χ0n) is 16.1. The van der Waals surface area contributed by atoms with Crippen molar-refractivity contribution in [3.63, 3.8) is 0 Å². The van der Waals surface area contributed by atoms with Crippen LogP contribution in [0.2, 0.25) is 5.02 Å². The molecular weight excluding hydrogens is 421 g/mol. The predicted octanol–water partition coefficient (Wildman–Crippen LogP) is 3.49. The first kappa shape index (κ1) is 22.1. The first-order valence-electron chi connectivity index (χ1n) is 9.27. The molecule has 30 heavy (non-hydrogen) atoms. The number of benzene rings is 2. The van der Waals surface area contributed by atoms with Gasteiger partial charge in [-0.2, -0.15) is 13.2 Å². The predicted molar refractivity (Wildman–Crippen MR) is 106 cm³/mol. The van der Waals surface area contributed by atoms with Gasteiger partial charge in [-0.15, -0.1) is 0 Å². The van der Waals surface area contributed by atoms with Gasteiger partial charge >= 0.3 is 6.18 Å². The number of alkyl halides is 3. The van der Waals surface area contributed by atoms with Gasteiger partial charge in [-0.25, -0.2) is 0 Å². The summed E-state index contributed by atoms with van der Waals surface area (Å²) < 4.78 is 38.8. The van der Waals surface area contributed by atoms with Crippen LogP contribution in [0, 0.1) is 6.92 Å². The first-order chi connectivity index (χ1) is 14.0. The van der Waals surface area contributed by atoms with E-state index in [-0.39, 0.29) is 25.2 Å². The second-order valence-corrected chi connectivity index (χ2v) is 7.69. The summed E-state index contributed by atoms with van der Waals surface area (Å²) in [5, 5.41) is 13.7. The van der Waals surface area contributed by atoms with Crippen LogP contribution in [0.15, 0.2) is 42.5 Å². The van der Waals surface area contributed by atoms with Crippen molar-refractivity contribution in [2.45, 2.75) is 31.5 Å². The Morgan fingerprint density at radius 3 is 2.67 bits per heavy atom. The van der Waals surface area contributed by atoms with Gasteiger partial charge in [0.2, 0.25) is 5.60 Å². The Bertz CT molecular complexity index is 960. The summed E-state index contributed by atoms with van der Waals surface area (Å²) in [6.45, 7) is 1.98. The molecule has 2 N–H and O–H groups in total. The minimum absolute atomic E-state index is 0.0204. The zero-order chi connectivity index (χ0) is 22.1. The molecule has 0 aliphatic carbocycles. The van der Waals surface area contributed by atoms with Gasteiger partial charge in [0, 0.05) is 30.2 Å². The highest BCUT2D eigenvalue weighted by atomic mass is 35.5. The number of nitrogens with zero attached hydrogens (tertiary/aromatic N) is 1. The quantitative estimate of drug-likeness (QED) is 0.699. The summed E-state index contributed by atoms with van der Waals surface area (Å²) >= 11 is 6.00. The number of halogens is 4. The summed E-state index contributed by atoms with van der Waals surface area (Å²) in [5.41, 5.74) is -1.41. The van der Waals surface area contributed by atoms with Gasteiger partial charge in [0.1, 0.15) is 0 Å². The monoisotopic (exact) mass is 440 g/mol. The maximum atomic E-state index is 12.9. The first-order valence-corrected chi connectivity index (χ1v) is 9.64. The fourth-order valence-corrected chi connectivity index (χ4v) is 3.75. The van der Waals surface area contributed by atoms with E-state index in [4.69, 9.17) is 11.6 Å². The van der Waals surface area contributed by atoms with Gasteiger partial charge in [0.25, 0.3) is 11.8 Å². The third-order valence-corrected chi connectivity index (χ3v) is 5.18. The summed E-state index contributed by atoms with van der Waals surface area (Å²) in [6, 6.07) is 9.68. The Balaban J connectivity index is 1.66. The largest absolute Gasteiger partial charge is 0.416 e. The molecule has 0 radical (unpaired) electrons. The van der Waals surface area contributed by atoms with Crippen LogP contribution in [-0.4, -0.2) is 35.6 Å². The van der Waals surface area contributed by atoms with E-state index in [9.17, 15) is 27.9 Å². The number of aliphatic hydroxyl groups is 1. The normalized spacial score (nSPS) is 19.3. The van der Waals surface area contributed by atoms with Crippen molar-refractivity contribution < 1.29 is 27.9 Å². The molecule has 0 bridgehead atoms. The van der Waals surface area contributed by atoms with E-state index in [1.165, 1.54) is 12.1 Å². The number of carbonyl (C=O) groups excluding carboxylic acids is 2. The molecule has 1 saturated heterocycles. The minimum Gasteiger partial charge on any atom is -0.372 e. The lowest BCUT2D eigenvalue weighted by Crippen LogP contribution is -2.52. The fourth-order valence-electron chi connectivity index (χ4n) is 3.44. The Hall–Kier alpha value is -2.58. The second-order valence-electron chi connectivity index (χ2n) is 7.26. The number of hydrogen-bond acceptors (Lipinski definition) is 3. The highest BCUT2D eigenvalue weighted by Gasteiger charge is 2.51. The molecule has 2 aromatic rings. The average molecular weight is 441 g/mol. The Kier molecular flexibility index (Phi) is 6.10. The lowest BCUT2D eigenvalue weighted by Gasteiger charge is -2.22. The van der Waals surface area contributed by atoms with E-state index in [1.807, 2.05) is 13.0 Å². The van der Waals surface area contributed by atoms with E-state index >= 15 is 0 Å². The van der Waals surface area contributed by atoms with E-state index in [0.717, 1.165) is 28.2 Å². The van der Waals surface area contributed by atoms with E-state index in [1.54, 1.807) is 12.1 Å². The smallest absolute Gasteiger partial charge is 0.372 e. The fraction of sp³-hybridized carbons (Fsp3) is 0.333.